The summed E-state index contributed by atoms with van der Waals surface area (Å²) in [5.41, 5.74) is 0.407. The van der Waals surface area contributed by atoms with Gasteiger partial charge in [-0.3, -0.25) is 0 Å². The third-order valence-electron chi connectivity index (χ3n) is 3.41. The Morgan fingerprint density at radius 1 is 1.26 bits per heavy atom. The highest BCUT2D eigenvalue weighted by Crippen LogP contribution is 2.33. The Hall–Kier alpha value is -2.65. The molecule has 0 aliphatic carbocycles. The van der Waals surface area contributed by atoms with E-state index in [1.165, 1.54) is 0 Å². The molecule has 6 nitrogen and oxygen atoms in total. The predicted molar refractivity (Wildman–Crippen MR) is 94.3 cm³/mol. The molecule has 0 unspecified atom stereocenters. The molecular formula is C16H10Cl2F3N3O3. The van der Waals surface area contributed by atoms with Crippen molar-refractivity contribution >= 4 is 51.8 Å². The number of rotatable bonds is 5. The Bertz CT molecular complexity index is 1000. The molecule has 3 N–H and O–H groups in total. The Morgan fingerprint density at radius 3 is 2.52 bits per heavy atom. The van der Waals surface area contributed by atoms with E-state index in [9.17, 15) is 23.1 Å². The van der Waals surface area contributed by atoms with Crippen LogP contribution in [0.1, 0.15) is 10.4 Å². The van der Waals surface area contributed by atoms with Crippen LogP contribution in [0.5, 0.6) is 5.75 Å². The summed E-state index contributed by atoms with van der Waals surface area (Å²) in [7, 11) is 0. The van der Waals surface area contributed by atoms with Gasteiger partial charge in [-0.05, 0) is 18.2 Å². The van der Waals surface area contributed by atoms with Gasteiger partial charge >= 0.3 is 12.1 Å². The zero-order valence-corrected chi connectivity index (χ0v) is 14.7. The lowest BCUT2D eigenvalue weighted by molar-refractivity contribution is -0.153. The van der Waals surface area contributed by atoms with Crippen LogP contribution in [0.25, 0.3) is 11.0 Å². The standard InChI is InChI=1S/C16H10Cl2F3N3O3/c17-8-2-1-3-9(18)13(8)24-15-22-10-4-7(14(25)26)12(5-11(10)23-15)27-6-16(19,20)21/h1-5H,6H2,(H,25,26)(H2,22,23,24). The van der Waals surface area contributed by atoms with Gasteiger partial charge in [0.1, 0.15) is 11.3 Å². The van der Waals surface area contributed by atoms with E-state index in [1.807, 2.05) is 0 Å². The number of nitrogens with one attached hydrogen (secondary N) is 2. The molecule has 0 aliphatic rings. The molecule has 0 saturated carbocycles. The fourth-order valence-corrected chi connectivity index (χ4v) is 2.77. The van der Waals surface area contributed by atoms with Crippen molar-refractivity contribution in [2.75, 3.05) is 11.9 Å². The van der Waals surface area contributed by atoms with Gasteiger partial charge in [0.05, 0.1) is 26.8 Å². The number of H-pyrrole nitrogens is 1. The summed E-state index contributed by atoms with van der Waals surface area (Å²) in [5.74, 6) is -1.71. The number of halogens is 5. The second-order valence-corrected chi connectivity index (χ2v) is 6.20. The molecular weight excluding hydrogens is 410 g/mol. The van der Waals surface area contributed by atoms with Crippen molar-refractivity contribution in [3.63, 3.8) is 0 Å². The number of carboxylic acid groups (broad SMARTS) is 1. The highest BCUT2D eigenvalue weighted by molar-refractivity contribution is 6.39. The minimum absolute atomic E-state index is 0.171. The van der Waals surface area contributed by atoms with Gasteiger partial charge in [-0.25, -0.2) is 9.78 Å². The van der Waals surface area contributed by atoms with Crippen molar-refractivity contribution < 1.29 is 27.8 Å². The third-order valence-corrected chi connectivity index (χ3v) is 4.04. The number of fused-ring (bicyclic) bond motifs is 1. The molecule has 0 spiro atoms. The maximum absolute atomic E-state index is 12.4. The normalized spacial score (nSPS) is 11.6. The fraction of sp³-hybridized carbons (Fsp3) is 0.125. The molecule has 0 saturated heterocycles. The lowest BCUT2D eigenvalue weighted by Gasteiger charge is -2.11. The summed E-state index contributed by atoms with van der Waals surface area (Å²) in [6.07, 6.45) is -4.61. The van der Waals surface area contributed by atoms with E-state index in [2.05, 4.69) is 20.0 Å². The minimum Gasteiger partial charge on any atom is -0.483 e. The van der Waals surface area contributed by atoms with Gasteiger partial charge in [0.25, 0.3) is 0 Å². The molecule has 0 bridgehead atoms. The minimum atomic E-state index is -4.61. The zero-order chi connectivity index (χ0) is 19.8. The van der Waals surface area contributed by atoms with E-state index in [4.69, 9.17) is 23.2 Å². The first-order valence-corrected chi connectivity index (χ1v) is 8.07. The first-order valence-electron chi connectivity index (χ1n) is 7.31. The average Bonchev–Trinajstić information content (AvgIpc) is 2.96. The second-order valence-electron chi connectivity index (χ2n) is 5.38. The van der Waals surface area contributed by atoms with Crippen molar-refractivity contribution in [3.05, 3.63) is 45.9 Å². The van der Waals surface area contributed by atoms with E-state index in [0.29, 0.717) is 15.7 Å². The number of para-hydroxylation sites is 1. The van der Waals surface area contributed by atoms with Crippen molar-refractivity contribution in [1.82, 2.24) is 9.97 Å². The smallest absolute Gasteiger partial charge is 0.422 e. The van der Waals surface area contributed by atoms with Crippen molar-refractivity contribution in [2.24, 2.45) is 0 Å². The van der Waals surface area contributed by atoms with Crippen LogP contribution in [0.2, 0.25) is 10.0 Å². The summed E-state index contributed by atoms with van der Waals surface area (Å²) in [6, 6.07) is 7.10. The Morgan fingerprint density at radius 2 is 1.93 bits per heavy atom. The molecule has 142 valence electrons. The lowest BCUT2D eigenvalue weighted by atomic mass is 10.2. The Balaban J connectivity index is 1.98. The first-order chi connectivity index (χ1) is 12.6. The van der Waals surface area contributed by atoms with Gasteiger partial charge in [0.2, 0.25) is 5.95 Å². The molecule has 1 heterocycles. The van der Waals surface area contributed by atoms with Crippen molar-refractivity contribution in [2.45, 2.75) is 6.18 Å². The van der Waals surface area contributed by atoms with Crippen LogP contribution < -0.4 is 10.1 Å². The van der Waals surface area contributed by atoms with Crippen LogP contribution in [0.15, 0.2) is 30.3 Å². The number of imidazole rings is 1. The van der Waals surface area contributed by atoms with E-state index in [1.54, 1.807) is 18.2 Å². The third kappa shape index (κ3) is 4.37. The topological polar surface area (TPSA) is 87.2 Å². The monoisotopic (exact) mass is 419 g/mol. The van der Waals surface area contributed by atoms with Crippen LogP contribution in [0.4, 0.5) is 24.8 Å². The van der Waals surface area contributed by atoms with E-state index in [-0.39, 0.29) is 17.0 Å². The number of aromatic nitrogens is 2. The number of ether oxygens (including phenoxy) is 1. The number of anilines is 2. The SMILES string of the molecule is O=C(O)c1cc2[nH]c(Nc3c(Cl)cccc3Cl)nc2cc1OCC(F)(F)F. The number of aromatic carboxylic acids is 1. The molecule has 27 heavy (non-hydrogen) atoms. The summed E-state index contributed by atoms with van der Waals surface area (Å²) >= 11 is 12.1. The molecule has 0 radical (unpaired) electrons. The first kappa shape index (κ1) is 19.1. The number of hydrogen-bond acceptors (Lipinski definition) is 4. The van der Waals surface area contributed by atoms with Crippen LogP contribution in [0, 0.1) is 0 Å². The second kappa shape index (κ2) is 7.16. The maximum atomic E-state index is 12.4. The molecule has 11 heteroatoms. The highest BCUT2D eigenvalue weighted by atomic mass is 35.5. The van der Waals surface area contributed by atoms with Crippen molar-refractivity contribution in [1.29, 1.82) is 0 Å². The van der Waals surface area contributed by atoms with E-state index in [0.717, 1.165) is 12.1 Å². The lowest BCUT2D eigenvalue weighted by Crippen LogP contribution is -2.20. The fourth-order valence-electron chi connectivity index (χ4n) is 2.28. The number of carboxylic acids is 1. The largest absolute Gasteiger partial charge is 0.483 e. The molecule has 0 fully saturated rings. The van der Waals surface area contributed by atoms with Gasteiger partial charge in [-0.1, -0.05) is 29.3 Å². The van der Waals surface area contributed by atoms with Crippen molar-refractivity contribution in [3.8, 4) is 5.75 Å². The summed E-state index contributed by atoms with van der Waals surface area (Å²) < 4.78 is 41.8. The zero-order valence-electron chi connectivity index (χ0n) is 13.2. The van der Waals surface area contributed by atoms with Crippen LogP contribution >= 0.6 is 23.2 Å². The highest BCUT2D eigenvalue weighted by Gasteiger charge is 2.29. The Kier molecular flexibility index (Phi) is 5.07. The number of aromatic amines is 1. The number of carbonyl (C=O) groups is 1. The molecule has 0 aliphatic heterocycles. The van der Waals surface area contributed by atoms with Crippen LogP contribution in [0.3, 0.4) is 0 Å². The number of hydrogen-bond donors (Lipinski definition) is 3. The van der Waals surface area contributed by atoms with Crippen LogP contribution in [-0.2, 0) is 0 Å². The molecule has 2 aromatic carbocycles. The van der Waals surface area contributed by atoms with Crippen LogP contribution in [-0.4, -0.2) is 33.8 Å². The van der Waals surface area contributed by atoms with Gasteiger partial charge in [0, 0.05) is 6.07 Å². The maximum Gasteiger partial charge on any atom is 0.422 e. The van der Waals surface area contributed by atoms with E-state index >= 15 is 0 Å². The van der Waals surface area contributed by atoms with Gasteiger partial charge in [-0.15, -0.1) is 0 Å². The van der Waals surface area contributed by atoms with Gasteiger partial charge in [0.15, 0.2) is 6.61 Å². The molecule has 0 amide bonds. The number of benzene rings is 2. The number of alkyl halides is 3. The molecule has 1 aromatic heterocycles. The average molecular weight is 420 g/mol. The summed E-state index contributed by atoms with van der Waals surface area (Å²) in [5, 5.41) is 12.7. The predicted octanol–water partition coefficient (Wildman–Crippen LogP) is 5.25. The molecule has 3 rings (SSSR count). The molecule has 0 atom stereocenters. The van der Waals surface area contributed by atoms with E-state index < -0.39 is 30.1 Å². The Labute approximate surface area is 159 Å². The quantitative estimate of drug-likeness (QED) is 0.525. The molecule has 3 aromatic rings. The summed E-state index contributed by atoms with van der Waals surface area (Å²) in [6.45, 7) is -1.62. The summed E-state index contributed by atoms with van der Waals surface area (Å²) in [4.78, 5) is 18.3. The van der Waals surface area contributed by atoms with Gasteiger partial charge in [-0.2, -0.15) is 13.2 Å². The number of nitrogens with zero attached hydrogens (tertiary/aromatic N) is 1. The van der Waals surface area contributed by atoms with Gasteiger partial charge < -0.3 is 20.1 Å².